The number of nitrogens with zero attached hydrogens (tertiary/aromatic N) is 1. The van der Waals surface area contributed by atoms with Crippen molar-refractivity contribution in [1.29, 1.82) is 0 Å². The number of amides is 1. The number of ether oxygens (including phenoxy) is 1. The van der Waals surface area contributed by atoms with Crippen molar-refractivity contribution >= 4 is 18.2 Å². The summed E-state index contributed by atoms with van der Waals surface area (Å²) >= 11 is 0. The average Bonchev–Trinajstić information content (AvgIpc) is 2.74. The second-order valence-electron chi connectivity index (χ2n) is 6.24. The Hall–Kier alpha value is -3.66. The van der Waals surface area contributed by atoms with E-state index >= 15 is 0 Å². The van der Waals surface area contributed by atoms with Gasteiger partial charge in [0.15, 0.2) is 6.61 Å². The third-order valence-electron chi connectivity index (χ3n) is 3.98. The summed E-state index contributed by atoms with van der Waals surface area (Å²) in [5.41, 5.74) is 6.49. The minimum Gasteiger partial charge on any atom is -0.483 e. The Kier molecular flexibility index (Phi) is 6.74. The molecule has 0 aromatic heterocycles. The van der Waals surface area contributed by atoms with Gasteiger partial charge in [0.05, 0.1) is 6.21 Å². The number of hydrogen-bond acceptors (Lipinski definition) is 3. The van der Waals surface area contributed by atoms with E-state index in [-0.39, 0.29) is 12.5 Å². The highest BCUT2D eigenvalue weighted by Crippen LogP contribution is 2.29. The van der Waals surface area contributed by atoms with E-state index in [1.807, 2.05) is 97.9 Å². The summed E-state index contributed by atoms with van der Waals surface area (Å²) in [6, 6.07) is 27.5. The number of carbonyl (C=O) groups is 1. The number of para-hydroxylation sites is 1. The summed E-state index contributed by atoms with van der Waals surface area (Å²) in [6.45, 7) is 1.82. The van der Waals surface area contributed by atoms with Gasteiger partial charge < -0.3 is 4.74 Å². The molecule has 0 heterocycles. The molecule has 4 nitrogen and oxygen atoms in total. The maximum atomic E-state index is 12.0. The molecule has 0 aliphatic carbocycles. The number of hydrogen-bond donors (Lipinski definition) is 1. The molecule has 0 unspecified atom stereocenters. The lowest BCUT2D eigenvalue weighted by atomic mass is 10.1. The van der Waals surface area contributed by atoms with E-state index in [0.717, 1.165) is 22.3 Å². The average molecular weight is 370 g/mol. The Morgan fingerprint density at radius 3 is 2.32 bits per heavy atom. The topological polar surface area (TPSA) is 50.7 Å². The first-order valence-electron chi connectivity index (χ1n) is 9.05. The number of carbonyl (C=O) groups excluding carboxylic acids is 1. The van der Waals surface area contributed by atoms with Crippen LogP contribution in [0.15, 0.2) is 95.6 Å². The Labute approximate surface area is 165 Å². The van der Waals surface area contributed by atoms with Crippen LogP contribution in [0.4, 0.5) is 0 Å². The molecular formula is C24H22N2O2. The van der Waals surface area contributed by atoms with Gasteiger partial charge in [-0.1, -0.05) is 84.9 Å². The van der Waals surface area contributed by atoms with Crippen molar-refractivity contribution in [1.82, 2.24) is 5.43 Å². The summed E-state index contributed by atoms with van der Waals surface area (Å²) in [6.07, 6.45) is 3.60. The van der Waals surface area contributed by atoms with Crippen molar-refractivity contribution in [3.63, 3.8) is 0 Å². The van der Waals surface area contributed by atoms with Crippen molar-refractivity contribution in [2.24, 2.45) is 5.10 Å². The van der Waals surface area contributed by atoms with Crippen LogP contribution in [-0.4, -0.2) is 18.7 Å². The predicted octanol–water partition coefficient (Wildman–Crippen LogP) is 4.94. The summed E-state index contributed by atoms with van der Waals surface area (Å²) in [5.74, 6) is 0.347. The molecule has 3 aromatic rings. The minimum atomic E-state index is -0.313. The van der Waals surface area contributed by atoms with Crippen molar-refractivity contribution < 1.29 is 9.53 Å². The highest BCUT2D eigenvalue weighted by molar-refractivity contribution is 5.86. The smallest absolute Gasteiger partial charge is 0.277 e. The molecule has 0 aliphatic rings. The van der Waals surface area contributed by atoms with Crippen LogP contribution < -0.4 is 10.2 Å². The lowest BCUT2D eigenvalue weighted by molar-refractivity contribution is -0.123. The van der Waals surface area contributed by atoms with Crippen LogP contribution in [0.2, 0.25) is 0 Å². The van der Waals surface area contributed by atoms with Gasteiger partial charge >= 0.3 is 0 Å². The zero-order valence-electron chi connectivity index (χ0n) is 15.7. The van der Waals surface area contributed by atoms with Crippen LogP contribution in [0.1, 0.15) is 12.5 Å². The van der Waals surface area contributed by atoms with Crippen molar-refractivity contribution in [2.45, 2.75) is 6.92 Å². The number of hydrazone groups is 1. The summed E-state index contributed by atoms with van der Waals surface area (Å²) in [4.78, 5) is 12.0. The van der Waals surface area contributed by atoms with E-state index < -0.39 is 0 Å². The molecule has 1 amide bonds. The van der Waals surface area contributed by atoms with E-state index in [1.54, 1.807) is 6.21 Å². The number of nitrogens with one attached hydrogen (secondary N) is 1. The maximum absolute atomic E-state index is 12.0. The minimum absolute atomic E-state index is 0.108. The normalized spacial score (nSPS) is 11.4. The summed E-state index contributed by atoms with van der Waals surface area (Å²) < 4.78 is 5.71. The maximum Gasteiger partial charge on any atom is 0.277 e. The number of rotatable bonds is 7. The molecule has 0 atom stereocenters. The number of allylic oxidation sites excluding steroid dienone is 1. The van der Waals surface area contributed by atoms with E-state index in [0.29, 0.717) is 5.75 Å². The molecular weight excluding hydrogens is 348 g/mol. The van der Waals surface area contributed by atoms with Crippen LogP contribution in [0, 0.1) is 0 Å². The summed E-state index contributed by atoms with van der Waals surface area (Å²) in [5, 5.41) is 3.99. The third kappa shape index (κ3) is 5.68. The first-order chi connectivity index (χ1) is 13.7. The molecule has 0 radical (unpaired) electrons. The van der Waals surface area contributed by atoms with Gasteiger partial charge in [-0.05, 0) is 29.7 Å². The quantitative estimate of drug-likeness (QED) is 0.473. The molecule has 0 fully saturated rings. The summed E-state index contributed by atoms with van der Waals surface area (Å²) in [7, 11) is 0. The molecule has 1 N–H and O–H groups in total. The highest BCUT2D eigenvalue weighted by atomic mass is 16.5. The van der Waals surface area contributed by atoms with Gasteiger partial charge in [-0.25, -0.2) is 5.43 Å². The lowest BCUT2D eigenvalue weighted by Gasteiger charge is -2.10. The molecule has 0 saturated heterocycles. The highest BCUT2D eigenvalue weighted by Gasteiger charge is 2.07. The Morgan fingerprint density at radius 1 is 0.929 bits per heavy atom. The SMILES string of the molecule is CC(=C/c1ccccc1)/C=N/NC(=O)COc1ccccc1-c1ccccc1. The zero-order valence-corrected chi connectivity index (χ0v) is 15.7. The van der Waals surface area contributed by atoms with E-state index in [4.69, 9.17) is 4.74 Å². The van der Waals surface area contributed by atoms with Crippen molar-refractivity contribution in [3.8, 4) is 16.9 Å². The first kappa shape index (κ1) is 19.1. The lowest BCUT2D eigenvalue weighted by Crippen LogP contribution is -2.24. The Morgan fingerprint density at radius 2 is 1.57 bits per heavy atom. The molecule has 3 aromatic carbocycles. The fourth-order valence-electron chi connectivity index (χ4n) is 2.68. The Balaban J connectivity index is 1.55. The molecule has 0 bridgehead atoms. The van der Waals surface area contributed by atoms with Gasteiger partial charge in [0.25, 0.3) is 5.91 Å². The first-order valence-corrected chi connectivity index (χ1v) is 9.05. The van der Waals surface area contributed by atoms with Crippen LogP contribution in [0.5, 0.6) is 5.75 Å². The van der Waals surface area contributed by atoms with Crippen LogP contribution >= 0.6 is 0 Å². The van der Waals surface area contributed by atoms with Gasteiger partial charge in [-0.15, -0.1) is 0 Å². The van der Waals surface area contributed by atoms with Gasteiger partial charge in [0.1, 0.15) is 5.75 Å². The molecule has 0 spiro atoms. The predicted molar refractivity (Wildman–Crippen MR) is 114 cm³/mol. The monoisotopic (exact) mass is 370 g/mol. The number of benzene rings is 3. The molecule has 0 aliphatic heterocycles. The molecule has 4 heteroatoms. The second-order valence-corrected chi connectivity index (χ2v) is 6.24. The van der Waals surface area contributed by atoms with Gasteiger partial charge in [-0.3, -0.25) is 4.79 Å². The standard InChI is InChI=1S/C24H22N2O2/c1-19(16-20-10-4-2-5-11-20)17-25-26-24(27)18-28-23-15-9-8-14-22(23)21-12-6-3-7-13-21/h2-17H,18H2,1H3,(H,26,27)/b19-16-,25-17+. The Bertz CT molecular complexity index is 964. The largest absolute Gasteiger partial charge is 0.483 e. The molecule has 0 saturated carbocycles. The fourth-order valence-corrected chi connectivity index (χ4v) is 2.68. The van der Waals surface area contributed by atoms with Crippen LogP contribution in [0.3, 0.4) is 0 Å². The van der Waals surface area contributed by atoms with E-state index in [2.05, 4.69) is 10.5 Å². The fraction of sp³-hybridized carbons (Fsp3) is 0.0833. The van der Waals surface area contributed by atoms with Crippen molar-refractivity contribution in [3.05, 3.63) is 96.1 Å². The van der Waals surface area contributed by atoms with Crippen molar-refractivity contribution in [2.75, 3.05) is 6.61 Å². The van der Waals surface area contributed by atoms with E-state index in [9.17, 15) is 4.79 Å². The molecule has 3 rings (SSSR count). The van der Waals surface area contributed by atoms with Gasteiger partial charge in [-0.2, -0.15) is 5.10 Å². The van der Waals surface area contributed by atoms with E-state index in [1.165, 1.54) is 0 Å². The second kappa shape index (κ2) is 9.88. The zero-order chi connectivity index (χ0) is 19.6. The van der Waals surface area contributed by atoms with Gasteiger partial charge in [0.2, 0.25) is 0 Å². The molecule has 28 heavy (non-hydrogen) atoms. The van der Waals surface area contributed by atoms with Crippen LogP contribution in [0.25, 0.3) is 17.2 Å². The third-order valence-corrected chi connectivity index (χ3v) is 3.98. The van der Waals surface area contributed by atoms with Gasteiger partial charge in [0, 0.05) is 5.56 Å². The van der Waals surface area contributed by atoms with Crippen LogP contribution in [-0.2, 0) is 4.79 Å². The molecule has 140 valence electrons.